The van der Waals surface area contributed by atoms with Crippen LogP contribution in [0.4, 0.5) is 11.5 Å². The van der Waals surface area contributed by atoms with Gasteiger partial charge in [-0.3, -0.25) is 0 Å². The number of rotatable bonds is 6. The molecule has 176 valence electrons. The molecule has 2 fully saturated rings. The number of aromatic nitrogens is 2. The fraction of sp³-hybridized carbons (Fsp3) is 0.560. The van der Waals surface area contributed by atoms with Crippen LogP contribution in [0, 0.1) is 17.3 Å². The van der Waals surface area contributed by atoms with Crippen molar-refractivity contribution in [2.24, 2.45) is 5.41 Å². The maximum atomic E-state index is 11.7. The molecule has 0 atom stereocenters. The number of carboxylic acid groups (broad SMARTS) is 1. The van der Waals surface area contributed by atoms with Crippen LogP contribution in [0.2, 0.25) is 0 Å². The maximum Gasteiger partial charge on any atom is 0.348 e. The minimum atomic E-state index is -0.917. The Hall–Kier alpha value is -2.79. The summed E-state index contributed by atoms with van der Waals surface area (Å²) in [5, 5.41) is 21.7. The Labute approximate surface area is 199 Å². The molecule has 0 unspecified atom stereocenters. The van der Waals surface area contributed by atoms with Gasteiger partial charge in [0.05, 0.1) is 10.6 Å². The minimum absolute atomic E-state index is 0.101. The fourth-order valence-electron chi connectivity index (χ4n) is 4.17. The maximum absolute atomic E-state index is 11.7. The van der Waals surface area contributed by atoms with E-state index in [1.54, 1.807) is 0 Å². The van der Waals surface area contributed by atoms with E-state index in [-0.39, 0.29) is 17.6 Å². The smallest absolute Gasteiger partial charge is 0.348 e. The van der Waals surface area contributed by atoms with E-state index < -0.39 is 5.97 Å². The van der Waals surface area contributed by atoms with Crippen LogP contribution in [0.3, 0.4) is 0 Å². The zero-order valence-electron chi connectivity index (χ0n) is 19.6. The number of nitrogens with one attached hydrogen (secondary N) is 1. The van der Waals surface area contributed by atoms with Crippen molar-refractivity contribution in [3.05, 3.63) is 28.0 Å². The van der Waals surface area contributed by atoms with Crippen LogP contribution >= 0.6 is 11.3 Å². The van der Waals surface area contributed by atoms with E-state index in [4.69, 9.17) is 4.74 Å². The summed E-state index contributed by atoms with van der Waals surface area (Å²) in [7, 11) is 0. The SMILES string of the molecule is CC(C)(C)C#Cc1cc(N[C@H]2CC[C@H](Oc3ccc(N4CCCC4)nn3)CC2)c(C(=O)O)s1. The Kier molecular flexibility index (Phi) is 7.08. The first-order valence-electron chi connectivity index (χ1n) is 11.7. The first kappa shape index (κ1) is 23.4. The summed E-state index contributed by atoms with van der Waals surface area (Å²) in [4.78, 5) is 15.1. The van der Waals surface area contributed by atoms with Gasteiger partial charge in [-0.15, -0.1) is 21.5 Å². The van der Waals surface area contributed by atoms with Gasteiger partial charge in [0.2, 0.25) is 5.88 Å². The molecule has 2 N–H and O–H groups in total. The number of ether oxygens (including phenoxy) is 1. The summed E-state index contributed by atoms with van der Waals surface area (Å²) in [5.41, 5.74) is 0.538. The average Bonchev–Trinajstić information content (AvgIpc) is 3.44. The van der Waals surface area contributed by atoms with Crippen LogP contribution in [0.25, 0.3) is 0 Å². The van der Waals surface area contributed by atoms with Crippen LogP contribution < -0.4 is 15.0 Å². The number of carbonyl (C=O) groups is 1. The van der Waals surface area contributed by atoms with Gasteiger partial charge in [-0.05, 0) is 71.4 Å². The highest BCUT2D eigenvalue weighted by molar-refractivity contribution is 7.15. The molecule has 7 nitrogen and oxygen atoms in total. The minimum Gasteiger partial charge on any atom is -0.477 e. The van der Waals surface area contributed by atoms with Crippen LogP contribution in [-0.4, -0.2) is 46.5 Å². The Morgan fingerprint density at radius 3 is 2.52 bits per heavy atom. The largest absolute Gasteiger partial charge is 0.477 e. The van der Waals surface area contributed by atoms with Gasteiger partial charge in [0.25, 0.3) is 0 Å². The number of carboxylic acids is 1. The highest BCUT2D eigenvalue weighted by Gasteiger charge is 2.25. The van der Waals surface area contributed by atoms with Crippen LogP contribution in [0.15, 0.2) is 18.2 Å². The second-order valence-corrected chi connectivity index (χ2v) is 10.9. The van der Waals surface area contributed by atoms with Crippen molar-refractivity contribution in [1.82, 2.24) is 10.2 Å². The van der Waals surface area contributed by atoms with Crippen molar-refractivity contribution in [2.45, 2.75) is 71.4 Å². The summed E-state index contributed by atoms with van der Waals surface area (Å²) >= 11 is 1.23. The van der Waals surface area contributed by atoms with Gasteiger partial charge in [-0.1, -0.05) is 11.8 Å². The van der Waals surface area contributed by atoms with Crippen molar-refractivity contribution < 1.29 is 14.6 Å². The molecule has 1 saturated carbocycles. The van der Waals surface area contributed by atoms with E-state index in [1.807, 2.05) is 39.0 Å². The second kappa shape index (κ2) is 10.0. The zero-order chi connectivity index (χ0) is 23.4. The van der Waals surface area contributed by atoms with Gasteiger partial charge >= 0.3 is 5.97 Å². The number of hydrogen-bond donors (Lipinski definition) is 2. The number of thiophene rings is 1. The van der Waals surface area contributed by atoms with Crippen molar-refractivity contribution in [3.63, 3.8) is 0 Å². The highest BCUT2D eigenvalue weighted by atomic mass is 32.1. The fourth-order valence-corrected chi connectivity index (χ4v) is 4.99. The van der Waals surface area contributed by atoms with Crippen molar-refractivity contribution in [2.75, 3.05) is 23.3 Å². The van der Waals surface area contributed by atoms with Gasteiger partial charge in [0.1, 0.15) is 11.0 Å². The lowest BCUT2D eigenvalue weighted by atomic mass is 9.92. The Bertz CT molecular complexity index is 1020. The molecule has 8 heteroatoms. The molecule has 1 saturated heterocycles. The molecule has 2 aromatic rings. The van der Waals surface area contributed by atoms with E-state index in [9.17, 15) is 9.90 Å². The van der Waals surface area contributed by atoms with Gasteiger partial charge < -0.3 is 20.1 Å². The van der Waals surface area contributed by atoms with E-state index in [2.05, 4.69) is 32.3 Å². The first-order chi connectivity index (χ1) is 15.8. The topological polar surface area (TPSA) is 87.6 Å². The molecule has 3 heterocycles. The predicted molar refractivity (Wildman–Crippen MR) is 131 cm³/mol. The zero-order valence-corrected chi connectivity index (χ0v) is 20.4. The van der Waals surface area contributed by atoms with Gasteiger partial charge in [-0.2, -0.15) is 0 Å². The quantitative estimate of drug-likeness (QED) is 0.575. The molecule has 2 aromatic heterocycles. The number of hydrogen-bond acceptors (Lipinski definition) is 7. The summed E-state index contributed by atoms with van der Waals surface area (Å²) in [6.07, 6.45) is 6.10. The number of nitrogens with zero attached hydrogens (tertiary/aromatic N) is 3. The van der Waals surface area contributed by atoms with Crippen molar-refractivity contribution in [1.29, 1.82) is 0 Å². The van der Waals surface area contributed by atoms with Gasteiger partial charge in [0.15, 0.2) is 5.82 Å². The van der Waals surface area contributed by atoms with E-state index in [0.717, 1.165) is 49.5 Å². The molecule has 0 radical (unpaired) electrons. The van der Waals surface area contributed by atoms with E-state index in [1.165, 1.54) is 24.2 Å². The summed E-state index contributed by atoms with van der Waals surface area (Å²) in [6, 6.07) is 5.98. The summed E-state index contributed by atoms with van der Waals surface area (Å²) < 4.78 is 6.07. The normalized spacial score (nSPS) is 20.8. The molecule has 0 aromatic carbocycles. The first-order valence-corrected chi connectivity index (χ1v) is 12.5. The molecule has 4 rings (SSSR count). The Morgan fingerprint density at radius 1 is 1.18 bits per heavy atom. The lowest BCUT2D eigenvalue weighted by molar-refractivity contribution is 0.0703. The van der Waals surface area contributed by atoms with E-state index >= 15 is 0 Å². The second-order valence-electron chi connectivity index (χ2n) is 9.82. The van der Waals surface area contributed by atoms with Gasteiger partial charge in [-0.25, -0.2) is 4.79 Å². The third kappa shape index (κ3) is 6.38. The lowest BCUT2D eigenvalue weighted by Gasteiger charge is -2.29. The van der Waals surface area contributed by atoms with Crippen molar-refractivity contribution in [3.8, 4) is 17.7 Å². The monoisotopic (exact) mass is 468 g/mol. The molecule has 33 heavy (non-hydrogen) atoms. The molecule has 2 aliphatic rings. The number of anilines is 2. The summed E-state index contributed by atoms with van der Waals surface area (Å²) in [6.45, 7) is 8.21. The molecule has 1 aliphatic carbocycles. The molecule has 1 aliphatic heterocycles. The van der Waals surface area contributed by atoms with E-state index in [0.29, 0.717) is 16.4 Å². The molecular weight excluding hydrogens is 436 g/mol. The number of aromatic carboxylic acids is 1. The lowest BCUT2D eigenvalue weighted by Crippen LogP contribution is -2.31. The van der Waals surface area contributed by atoms with Crippen LogP contribution in [0.5, 0.6) is 5.88 Å². The third-order valence-corrected chi connectivity index (χ3v) is 6.90. The van der Waals surface area contributed by atoms with Crippen molar-refractivity contribution >= 4 is 28.8 Å². The molecule has 0 amide bonds. The Morgan fingerprint density at radius 2 is 1.91 bits per heavy atom. The standard InChI is InChI=1S/C25H32N4O3S/c1-25(2,3)13-12-19-16-20(23(33-19)24(30)31)26-17-6-8-18(9-7-17)32-22-11-10-21(27-28-22)29-14-4-5-15-29/h10-11,16-18,26H,4-9,14-15H2,1-3H3,(H,30,31)/t17-,18-. The average molecular weight is 469 g/mol. The molecular formula is C25H32N4O3S. The van der Waals surface area contributed by atoms with Crippen LogP contribution in [-0.2, 0) is 0 Å². The summed E-state index contributed by atoms with van der Waals surface area (Å²) in [5.74, 6) is 6.88. The Balaban J connectivity index is 1.31. The predicted octanol–water partition coefficient (Wildman–Crippen LogP) is 5.04. The molecule has 0 bridgehead atoms. The van der Waals surface area contributed by atoms with Crippen LogP contribution in [0.1, 0.15) is 73.8 Å². The van der Waals surface area contributed by atoms with Gasteiger partial charge in [0, 0.05) is 30.6 Å². The highest BCUT2D eigenvalue weighted by Crippen LogP contribution is 2.31. The third-order valence-electron chi connectivity index (χ3n) is 5.86. The molecule has 0 spiro atoms.